The minimum absolute atomic E-state index is 0.288. The molecule has 0 aliphatic carbocycles. The number of hydrogen-bond acceptors (Lipinski definition) is 4. The molecule has 0 aliphatic heterocycles. The minimum Gasteiger partial charge on any atom is -0.399 e. The second-order valence-electron chi connectivity index (χ2n) is 3.63. The molecule has 2 rings (SSSR count). The lowest BCUT2D eigenvalue weighted by Gasteiger charge is -2.10. The van der Waals surface area contributed by atoms with Crippen LogP contribution in [0.1, 0.15) is 10.4 Å². The third-order valence-electron chi connectivity index (χ3n) is 2.32. The third-order valence-corrected chi connectivity index (χ3v) is 2.65. The largest absolute Gasteiger partial charge is 0.399 e. The number of hydrogen-bond donors (Lipinski definition) is 3. The van der Waals surface area contributed by atoms with Gasteiger partial charge < -0.3 is 16.8 Å². The van der Waals surface area contributed by atoms with Crippen LogP contribution in [0.4, 0.5) is 17.2 Å². The molecule has 0 radical (unpaired) electrons. The summed E-state index contributed by atoms with van der Waals surface area (Å²) in [5.41, 5.74) is 12.3. The van der Waals surface area contributed by atoms with Crippen LogP contribution in [0, 0.1) is 0 Å². The number of nitrogens with two attached hydrogens (primary N) is 2. The van der Waals surface area contributed by atoms with Gasteiger partial charge in [-0.1, -0.05) is 11.6 Å². The summed E-state index contributed by atoms with van der Waals surface area (Å²) in [7, 11) is 0. The summed E-state index contributed by atoms with van der Waals surface area (Å²) in [5.74, 6) is -0.219. The molecule has 0 saturated carbocycles. The molecule has 0 bridgehead atoms. The molecule has 18 heavy (non-hydrogen) atoms. The van der Waals surface area contributed by atoms with E-state index in [2.05, 4.69) is 10.3 Å². The summed E-state index contributed by atoms with van der Waals surface area (Å²) in [4.78, 5) is 15.3. The number of pyridine rings is 1. The van der Waals surface area contributed by atoms with Gasteiger partial charge in [-0.2, -0.15) is 0 Å². The van der Waals surface area contributed by atoms with Crippen LogP contribution in [0.15, 0.2) is 36.5 Å². The highest BCUT2D eigenvalue weighted by atomic mass is 35.5. The molecular weight excluding hydrogens is 252 g/mol. The fourth-order valence-corrected chi connectivity index (χ4v) is 1.63. The van der Waals surface area contributed by atoms with Gasteiger partial charge in [-0.3, -0.25) is 4.79 Å². The standard InChI is InChI=1S/C12H11ClN4O/c13-9-4-3-7(14)6-10(9)17-12-8(11(15)18)2-1-5-16-12/h1-6H,14H2,(H2,15,18)(H,16,17). The van der Waals surface area contributed by atoms with E-state index < -0.39 is 5.91 Å². The zero-order valence-electron chi connectivity index (χ0n) is 9.35. The first kappa shape index (κ1) is 12.2. The number of rotatable bonds is 3. The van der Waals surface area contributed by atoms with Crippen molar-refractivity contribution in [2.45, 2.75) is 0 Å². The Morgan fingerprint density at radius 3 is 2.83 bits per heavy atom. The summed E-state index contributed by atoms with van der Waals surface area (Å²) in [6.45, 7) is 0. The smallest absolute Gasteiger partial charge is 0.252 e. The number of nitrogens with one attached hydrogen (secondary N) is 1. The molecule has 0 atom stereocenters. The lowest BCUT2D eigenvalue weighted by Crippen LogP contribution is -2.14. The average Bonchev–Trinajstić information content (AvgIpc) is 2.34. The number of halogens is 1. The van der Waals surface area contributed by atoms with Crippen LogP contribution in [-0.2, 0) is 0 Å². The van der Waals surface area contributed by atoms with Gasteiger partial charge in [0.2, 0.25) is 0 Å². The summed E-state index contributed by atoms with van der Waals surface area (Å²) in [6.07, 6.45) is 1.55. The van der Waals surface area contributed by atoms with E-state index in [0.29, 0.717) is 22.2 Å². The van der Waals surface area contributed by atoms with Crippen LogP contribution in [0.3, 0.4) is 0 Å². The van der Waals surface area contributed by atoms with Crippen molar-refractivity contribution < 1.29 is 4.79 Å². The number of nitrogens with zero attached hydrogens (tertiary/aromatic N) is 1. The Morgan fingerprint density at radius 1 is 1.33 bits per heavy atom. The molecule has 92 valence electrons. The molecule has 2 aromatic rings. The van der Waals surface area contributed by atoms with Crippen LogP contribution in [0.2, 0.25) is 5.02 Å². The highest BCUT2D eigenvalue weighted by molar-refractivity contribution is 6.33. The highest BCUT2D eigenvalue weighted by Gasteiger charge is 2.10. The fourth-order valence-electron chi connectivity index (χ4n) is 1.47. The van der Waals surface area contributed by atoms with Gasteiger partial charge in [0.05, 0.1) is 16.3 Å². The van der Waals surface area contributed by atoms with Crippen LogP contribution in [0.5, 0.6) is 0 Å². The van der Waals surface area contributed by atoms with Crippen molar-refractivity contribution in [2.75, 3.05) is 11.1 Å². The average molecular weight is 263 g/mol. The van der Waals surface area contributed by atoms with E-state index in [1.165, 1.54) is 0 Å². The Bertz CT molecular complexity index is 600. The molecule has 5 nitrogen and oxygen atoms in total. The van der Waals surface area contributed by atoms with Gasteiger partial charge in [0.15, 0.2) is 0 Å². The fraction of sp³-hybridized carbons (Fsp3) is 0. The van der Waals surface area contributed by atoms with Gasteiger partial charge in [0.1, 0.15) is 5.82 Å². The number of amides is 1. The van der Waals surface area contributed by atoms with Crippen LogP contribution in [0.25, 0.3) is 0 Å². The number of primary amides is 1. The second kappa shape index (κ2) is 4.93. The van der Waals surface area contributed by atoms with E-state index in [9.17, 15) is 4.79 Å². The Morgan fingerprint density at radius 2 is 2.11 bits per heavy atom. The van der Waals surface area contributed by atoms with Crippen molar-refractivity contribution in [3.05, 3.63) is 47.1 Å². The molecule has 1 amide bonds. The Balaban J connectivity index is 2.40. The van der Waals surface area contributed by atoms with E-state index in [1.807, 2.05) is 0 Å². The molecule has 0 unspecified atom stereocenters. The summed E-state index contributed by atoms with van der Waals surface area (Å²) in [6, 6.07) is 8.21. The van der Waals surface area contributed by atoms with E-state index in [4.69, 9.17) is 23.1 Å². The monoisotopic (exact) mass is 262 g/mol. The van der Waals surface area contributed by atoms with Crippen molar-refractivity contribution in [1.82, 2.24) is 4.98 Å². The number of carbonyl (C=O) groups is 1. The molecular formula is C12H11ClN4O. The van der Waals surface area contributed by atoms with Crippen LogP contribution < -0.4 is 16.8 Å². The maximum atomic E-state index is 11.2. The lowest BCUT2D eigenvalue weighted by atomic mass is 10.2. The number of anilines is 3. The normalized spacial score (nSPS) is 10.1. The molecule has 5 N–H and O–H groups in total. The van der Waals surface area contributed by atoms with Gasteiger partial charge in [-0.05, 0) is 30.3 Å². The number of benzene rings is 1. The molecule has 6 heteroatoms. The van der Waals surface area contributed by atoms with E-state index in [0.717, 1.165) is 0 Å². The highest BCUT2D eigenvalue weighted by Crippen LogP contribution is 2.27. The van der Waals surface area contributed by atoms with E-state index in [1.54, 1.807) is 36.5 Å². The zero-order chi connectivity index (χ0) is 13.1. The molecule has 0 saturated heterocycles. The summed E-state index contributed by atoms with van der Waals surface area (Å²) < 4.78 is 0. The Hall–Kier alpha value is -2.27. The quantitative estimate of drug-likeness (QED) is 0.739. The van der Waals surface area contributed by atoms with Crippen molar-refractivity contribution in [3.8, 4) is 0 Å². The molecule has 0 spiro atoms. The predicted molar refractivity (Wildman–Crippen MR) is 71.9 cm³/mol. The molecule has 0 fully saturated rings. The first-order valence-electron chi connectivity index (χ1n) is 5.15. The first-order chi connectivity index (χ1) is 8.58. The molecule has 1 aromatic heterocycles. The van der Waals surface area contributed by atoms with Gasteiger partial charge in [-0.25, -0.2) is 4.98 Å². The second-order valence-corrected chi connectivity index (χ2v) is 4.04. The van der Waals surface area contributed by atoms with Gasteiger partial charge in [-0.15, -0.1) is 0 Å². The summed E-state index contributed by atoms with van der Waals surface area (Å²) in [5, 5.41) is 3.42. The molecule has 0 aliphatic rings. The predicted octanol–water partition coefficient (Wildman–Crippen LogP) is 2.16. The van der Waals surface area contributed by atoms with Crippen molar-refractivity contribution in [3.63, 3.8) is 0 Å². The number of aromatic nitrogens is 1. The SMILES string of the molecule is NC(=O)c1cccnc1Nc1cc(N)ccc1Cl. The van der Waals surface area contributed by atoms with Gasteiger partial charge in [0, 0.05) is 11.9 Å². The molecule has 1 aromatic carbocycles. The maximum absolute atomic E-state index is 11.2. The topological polar surface area (TPSA) is 94.0 Å². The van der Waals surface area contributed by atoms with Gasteiger partial charge in [0.25, 0.3) is 5.91 Å². The summed E-state index contributed by atoms with van der Waals surface area (Å²) >= 11 is 6.02. The minimum atomic E-state index is -0.564. The first-order valence-corrected chi connectivity index (χ1v) is 5.52. The van der Waals surface area contributed by atoms with E-state index >= 15 is 0 Å². The van der Waals surface area contributed by atoms with Crippen LogP contribution in [-0.4, -0.2) is 10.9 Å². The Labute approximate surface area is 109 Å². The van der Waals surface area contributed by atoms with Crippen molar-refractivity contribution in [2.24, 2.45) is 5.73 Å². The molecule has 1 heterocycles. The zero-order valence-corrected chi connectivity index (χ0v) is 10.1. The number of carbonyl (C=O) groups excluding carboxylic acids is 1. The number of nitrogen functional groups attached to an aromatic ring is 1. The Kier molecular flexibility index (Phi) is 3.34. The van der Waals surface area contributed by atoms with Crippen molar-refractivity contribution in [1.29, 1.82) is 0 Å². The van der Waals surface area contributed by atoms with Crippen LogP contribution >= 0.6 is 11.6 Å². The van der Waals surface area contributed by atoms with Gasteiger partial charge >= 0.3 is 0 Å². The lowest BCUT2D eigenvalue weighted by molar-refractivity contribution is 0.100. The maximum Gasteiger partial charge on any atom is 0.252 e. The third kappa shape index (κ3) is 2.52. The van der Waals surface area contributed by atoms with Crippen molar-refractivity contribution >= 4 is 34.7 Å². The van der Waals surface area contributed by atoms with E-state index in [-0.39, 0.29) is 5.56 Å².